The summed E-state index contributed by atoms with van der Waals surface area (Å²) in [5.74, 6) is 0.843. The third-order valence-corrected chi connectivity index (χ3v) is 2.87. The van der Waals surface area contributed by atoms with Crippen LogP contribution < -0.4 is 15.2 Å². The van der Waals surface area contributed by atoms with Crippen LogP contribution >= 0.6 is 0 Å². The van der Waals surface area contributed by atoms with Gasteiger partial charge in [-0.05, 0) is 37.9 Å². The fourth-order valence-corrected chi connectivity index (χ4v) is 1.85. The fraction of sp³-hybridized carbons (Fsp3) is 0.562. The van der Waals surface area contributed by atoms with Gasteiger partial charge in [-0.1, -0.05) is 25.5 Å². The quantitative estimate of drug-likeness (QED) is 0.530. The number of esters is 1. The lowest BCUT2D eigenvalue weighted by Gasteiger charge is -2.15. The Hall–Kier alpha value is -1.75. The van der Waals surface area contributed by atoms with Crippen LogP contribution in [0.15, 0.2) is 18.2 Å². The van der Waals surface area contributed by atoms with Crippen LogP contribution in [0.2, 0.25) is 0 Å². The highest BCUT2D eigenvalue weighted by molar-refractivity contribution is 5.71. The highest BCUT2D eigenvalue weighted by atomic mass is 16.6. The Balaban J connectivity index is 2.68. The summed E-state index contributed by atoms with van der Waals surface area (Å²) < 4.78 is 16.2. The van der Waals surface area contributed by atoms with E-state index in [1.54, 1.807) is 0 Å². The Morgan fingerprint density at radius 2 is 2.05 bits per heavy atom. The van der Waals surface area contributed by atoms with Crippen molar-refractivity contribution in [3.8, 4) is 11.5 Å². The second-order valence-corrected chi connectivity index (χ2v) is 4.58. The number of carbonyl (C=O) groups excluding carboxylic acids is 1. The molecule has 0 fully saturated rings. The molecule has 0 heterocycles. The van der Waals surface area contributed by atoms with Gasteiger partial charge in [0.05, 0.1) is 13.2 Å². The Morgan fingerprint density at radius 3 is 2.71 bits per heavy atom. The van der Waals surface area contributed by atoms with Crippen LogP contribution in [0.4, 0.5) is 0 Å². The number of nitrogens with two attached hydrogens (primary N) is 1. The van der Waals surface area contributed by atoms with Crippen molar-refractivity contribution in [1.29, 1.82) is 0 Å². The molecule has 0 aromatic heterocycles. The van der Waals surface area contributed by atoms with E-state index in [-0.39, 0.29) is 12.6 Å². The van der Waals surface area contributed by atoms with Crippen LogP contribution in [0.5, 0.6) is 11.5 Å². The summed E-state index contributed by atoms with van der Waals surface area (Å²) in [6.07, 6.45) is 2.52. The van der Waals surface area contributed by atoms with Crippen molar-refractivity contribution >= 4 is 5.97 Å². The van der Waals surface area contributed by atoms with Gasteiger partial charge < -0.3 is 19.9 Å². The molecular formula is C16H25NO4. The van der Waals surface area contributed by atoms with E-state index in [0.29, 0.717) is 37.7 Å². The maximum atomic E-state index is 11.6. The molecule has 21 heavy (non-hydrogen) atoms. The molecule has 0 aliphatic rings. The molecule has 5 nitrogen and oxygen atoms in total. The number of benzene rings is 1. The summed E-state index contributed by atoms with van der Waals surface area (Å²) in [6, 6.07) is 5.64. The average Bonchev–Trinajstić information content (AvgIpc) is 2.47. The van der Waals surface area contributed by atoms with Crippen molar-refractivity contribution in [1.82, 2.24) is 0 Å². The summed E-state index contributed by atoms with van der Waals surface area (Å²) in [6.45, 7) is 5.29. The molecule has 0 spiro atoms. The van der Waals surface area contributed by atoms with E-state index in [0.717, 1.165) is 18.4 Å². The lowest BCUT2D eigenvalue weighted by atomic mass is 10.1. The van der Waals surface area contributed by atoms with Gasteiger partial charge in [-0.15, -0.1) is 0 Å². The van der Waals surface area contributed by atoms with E-state index in [2.05, 4.69) is 0 Å². The zero-order valence-corrected chi connectivity index (χ0v) is 12.9. The minimum atomic E-state index is -0.367. The number of hydrogen-bond donors (Lipinski definition) is 1. The molecule has 1 aromatic carbocycles. The standard InChI is InChI=1S/C16H25NO4/c1-3-5-11-20-15(18)12-21-16-13(9-10-17)7-6-8-14(16)19-4-2/h6-8H,3-5,9-12,17H2,1-2H3. The zero-order chi connectivity index (χ0) is 15.5. The van der Waals surface area contributed by atoms with E-state index in [9.17, 15) is 4.79 Å². The summed E-state index contributed by atoms with van der Waals surface area (Å²) in [4.78, 5) is 11.6. The third kappa shape index (κ3) is 6.04. The fourth-order valence-electron chi connectivity index (χ4n) is 1.85. The van der Waals surface area contributed by atoms with Crippen LogP contribution in [0.3, 0.4) is 0 Å². The number of hydrogen-bond acceptors (Lipinski definition) is 5. The van der Waals surface area contributed by atoms with Crippen molar-refractivity contribution in [2.24, 2.45) is 5.73 Å². The minimum Gasteiger partial charge on any atom is -0.490 e. The van der Waals surface area contributed by atoms with E-state index >= 15 is 0 Å². The molecule has 0 aliphatic carbocycles. The monoisotopic (exact) mass is 295 g/mol. The Morgan fingerprint density at radius 1 is 1.24 bits per heavy atom. The smallest absolute Gasteiger partial charge is 0.344 e. The molecule has 5 heteroatoms. The molecule has 2 N–H and O–H groups in total. The van der Waals surface area contributed by atoms with Crippen molar-refractivity contribution < 1.29 is 19.0 Å². The van der Waals surface area contributed by atoms with Gasteiger partial charge in [-0.2, -0.15) is 0 Å². The van der Waals surface area contributed by atoms with Crippen molar-refractivity contribution in [2.75, 3.05) is 26.4 Å². The van der Waals surface area contributed by atoms with Gasteiger partial charge >= 0.3 is 5.97 Å². The van der Waals surface area contributed by atoms with E-state index in [1.807, 2.05) is 32.0 Å². The lowest BCUT2D eigenvalue weighted by Crippen LogP contribution is -2.17. The number of carbonyl (C=O) groups is 1. The Kier molecular flexibility index (Phi) is 8.28. The molecule has 118 valence electrons. The van der Waals surface area contributed by atoms with Crippen molar-refractivity contribution in [2.45, 2.75) is 33.1 Å². The highest BCUT2D eigenvalue weighted by Gasteiger charge is 2.13. The molecule has 0 bridgehead atoms. The van der Waals surface area contributed by atoms with Gasteiger partial charge in [-0.25, -0.2) is 4.79 Å². The molecule has 0 amide bonds. The lowest BCUT2D eigenvalue weighted by molar-refractivity contribution is -0.146. The summed E-state index contributed by atoms with van der Waals surface area (Å²) in [5.41, 5.74) is 6.54. The average molecular weight is 295 g/mol. The number of para-hydroxylation sites is 1. The first kappa shape index (κ1) is 17.3. The number of unbranched alkanes of at least 4 members (excludes halogenated alkanes) is 1. The molecule has 0 unspecified atom stereocenters. The topological polar surface area (TPSA) is 70.8 Å². The van der Waals surface area contributed by atoms with Crippen molar-refractivity contribution in [3.05, 3.63) is 23.8 Å². The minimum absolute atomic E-state index is 0.120. The Labute approximate surface area is 126 Å². The summed E-state index contributed by atoms with van der Waals surface area (Å²) in [5, 5.41) is 0. The maximum absolute atomic E-state index is 11.6. The van der Waals surface area contributed by atoms with Crippen LogP contribution in [0, 0.1) is 0 Å². The van der Waals surface area contributed by atoms with Gasteiger partial charge in [0.2, 0.25) is 0 Å². The Bertz CT molecular complexity index is 410. The number of ether oxygens (including phenoxy) is 3. The van der Waals surface area contributed by atoms with E-state index < -0.39 is 0 Å². The van der Waals surface area contributed by atoms with Crippen LogP contribution in [-0.2, 0) is 16.0 Å². The second kappa shape index (κ2) is 10.0. The molecule has 0 atom stereocenters. The molecule has 0 radical (unpaired) electrons. The van der Waals surface area contributed by atoms with E-state index in [1.165, 1.54) is 0 Å². The molecule has 0 saturated heterocycles. The van der Waals surface area contributed by atoms with Crippen LogP contribution in [-0.4, -0.2) is 32.3 Å². The van der Waals surface area contributed by atoms with Gasteiger partial charge in [0.15, 0.2) is 18.1 Å². The first-order valence-electron chi connectivity index (χ1n) is 7.46. The van der Waals surface area contributed by atoms with Gasteiger partial charge in [0.1, 0.15) is 0 Å². The first-order chi connectivity index (χ1) is 10.2. The molecule has 1 rings (SSSR count). The van der Waals surface area contributed by atoms with Gasteiger partial charge in [0.25, 0.3) is 0 Å². The molecular weight excluding hydrogens is 270 g/mol. The van der Waals surface area contributed by atoms with E-state index in [4.69, 9.17) is 19.9 Å². The highest BCUT2D eigenvalue weighted by Crippen LogP contribution is 2.31. The second-order valence-electron chi connectivity index (χ2n) is 4.58. The number of rotatable bonds is 10. The first-order valence-corrected chi connectivity index (χ1v) is 7.46. The molecule has 0 aliphatic heterocycles. The van der Waals surface area contributed by atoms with Gasteiger partial charge in [0, 0.05) is 0 Å². The summed E-state index contributed by atoms with van der Waals surface area (Å²) in [7, 11) is 0. The molecule has 1 aromatic rings. The predicted molar refractivity (Wildman–Crippen MR) is 81.7 cm³/mol. The SMILES string of the molecule is CCCCOC(=O)COc1c(CCN)cccc1OCC. The van der Waals surface area contributed by atoms with Crippen LogP contribution in [0.25, 0.3) is 0 Å². The largest absolute Gasteiger partial charge is 0.490 e. The van der Waals surface area contributed by atoms with Crippen LogP contribution in [0.1, 0.15) is 32.3 Å². The molecule has 0 saturated carbocycles. The normalized spacial score (nSPS) is 10.2. The van der Waals surface area contributed by atoms with Crippen molar-refractivity contribution in [3.63, 3.8) is 0 Å². The van der Waals surface area contributed by atoms with Gasteiger partial charge in [-0.3, -0.25) is 0 Å². The zero-order valence-electron chi connectivity index (χ0n) is 12.9. The third-order valence-electron chi connectivity index (χ3n) is 2.87. The maximum Gasteiger partial charge on any atom is 0.344 e. The predicted octanol–water partition coefficient (Wildman–Crippen LogP) is 2.31. The summed E-state index contributed by atoms with van der Waals surface area (Å²) >= 11 is 0.